The number of alkyl halides is 1. The Bertz CT molecular complexity index is 757. The standard InChI is InChI=1S/C21H25ClINO5/c1-15(23)24-12-17(26)14-29-19-7-5-18(6-8-19)27-9-2-10-28-20-4-3-16(13-25)21(22)11-20/h3-8,11,13,15,17,24,26H,2,9-10,12,14H2,1H3. The van der Waals surface area contributed by atoms with Crippen LogP contribution in [0.15, 0.2) is 42.5 Å². The molecule has 2 unspecified atom stereocenters. The van der Waals surface area contributed by atoms with Gasteiger partial charge in [-0.15, -0.1) is 0 Å². The number of aliphatic hydroxyl groups excluding tert-OH is 1. The summed E-state index contributed by atoms with van der Waals surface area (Å²) in [6.45, 7) is 3.70. The van der Waals surface area contributed by atoms with Crippen LogP contribution in [0.5, 0.6) is 17.2 Å². The highest BCUT2D eigenvalue weighted by Crippen LogP contribution is 2.21. The molecule has 0 bridgehead atoms. The monoisotopic (exact) mass is 533 g/mol. The number of halogens is 2. The summed E-state index contributed by atoms with van der Waals surface area (Å²) in [5.74, 6) is 2.03. The average molecular weight is 534 g/mol. The van der Waals surface area contributed by atoms with Gasteiger partial charge in [0, 0.05) is 18.5 Å². The summed E-state index contributed by atoms with van der Waals surface area (Å²) in [4.78, 5) is 10.7. The lowest BCUT2D eigenvalue weighted by Crippen LogP contribution is -2.34. The molecule has 0 amide bonds. The van der Waals surface area contributed by atoms with Gasteiger partial charge in [0.1, 0.15) is 30.0 Å². The van der Waals surface area contributed by atoms with Gasteiger partial charge >= 0.3 is 0 Å². The number of ether oxygens (including phenoxy) is 3. The van der Waals surface area contributed by atoms with E-state index < -0.39 is 6.10 Å². The summed E-state index contributed by atoms with van der Waals surface area (Å²) in [5.41, 5.74) is 0.441. The lowest BCUT2D eigenvalue weighted by Gasteiger charge is -2.14. The number of carbonyl (C=O) groups excluding carboxylic acids is 1. The Balaban J connectivity index is 1.63. The van der Waals surface area contributed by atoms with E-state index in [1.807, 2.05) is 31.2 Å². The van der Waals surface area contributed by atoms with Gasteiger partial charge in [0.2, 0.25) is 0 Å². The van der Waals surface area contributed by atoms with E-state index in [0.717, 1.165) is 5.75 Å². The Hall–Kier alpha value is -1.55. The summed E-state index contributed by atoms with van der Waals surface area (Å²) in [5, 5.41) is 13.4. The van der Waals surface area contributed by atoms with Crippen LogP contribution in [0.4, 0.5) is 0 Å². The van der Waals surface area contributed by atoms with Crippen LogP contribution in [0.1, 0.15) is 23.7 Å². The van der Waals surface area contributed by atoms with Crippen LogP contribution in [-0.2, 0) is 0 Å². The van der Waals surface area contributed by atoms with E-state index in [1.165, 1.54) is 0 Å². The van der Waals surface area contributed by atoms with E-state index in [9.17, 15) is 9.90 Å². The maximum Gasteiger partial charge on any atom is 0.151 e. The van der Waals surface area contributed by atoms with Crippen LogP contribution in [0.2, 0.25) is 5.02 Å². The van der Waals surface area contributed by atoms with E-state index in [0.29, 0.717) is 58.6 Å². The largest absolute Gasteiger partial charge is 0.493 e. The highest BCUT2D eigenvalue weighted by atomic mass is 127. The van der Waals surface area contributed by atoms with Gasteiger partial charge in [-0.25, -0.2) is 0 Å². The number of aldehydes is 1. The van der Waals surface area contributed by atoms with Crippen LogP contribution < -0.4 is 19.5 Å². The zero-order chi connectivity index (χ0) is 21.1. The molecule has 0 heterocycles. The molecule has 29 heavy (non-hydrogen) atoms. The Morgan fingerprint density at radius 1 is 1.07 bits per heavy atom. The first-order chi connectivity index (χ1) is 14.0. The van der Waals surface area contributed by atoms with Crippen LogP contribution >= 0.6 is 34.2 Å². The van der Waals surface area contributed by atoms with Crippen molar-refractivity contribution in [1.82, 2.24) is 5.32 Å². The predicted octanol–water partition coefficient (Wildman–Crippen LogP) is 4.11. The summed E-state index contributed by atoms with van der Waals surface area (Å²) >= 11 is 8.21. The number of aliphatic hydroxyl groups is 1. The second-order valence-corrected chi connectivity index (χ2v) is 8.59. The van der Waals surface area contributed by atoms with Crippen LogP contribution in [0.3, 0.4) is 0 Å². The third kappa shape index (κ3) is 9.20. The van der Waals surface area contributed by atoms with Crippen molar-refractivity contribution in [2.75, 3.05) is 26.4 Å². The maximum absolute atomic E-state index is 10.7. The van der Waals surface area contributed by atoms with Crippen molar-refractivity contribution in [3.8, 4) is 17.2 Å². The lowest BCUT2D eigenvalue weighted by molar-refractivity contribution is 0.106. The summed E-state index contributed by atoms with van der Waals surface area (Å²) in [6.07, 6.45) is 0.842. The molecule has 2 aromatic carbocycles. The zero-order valence-corrected chi connectivity index (χ0v) is 19.1. The fourth-order valence-corrected chi connectivity index (χ4v) is 2.78. The molecule has 6 nitrogen and oxygen atoms in total. The molecule has 0 aliphatic carbocycles. The van der Waals surface area contributed by atoms with Crippen LogP contribution in [-0.4, -0.2) is 47.9 Å². The van der Waals surface area contributed by atoms with Crippen molar-refractivity contribution < 1.29 is 24.1 Å². The van der Waals surface area contributed by atoms with Gasteiger partial charge in [-0.1, -0.05) is 34.2 Å². The molecule has 0 aromatic heterocycles. The molecule has 2 rings (SSSR count). The normalized spacial score (nSPS) is 12.8. The van der Waals surface area contributed by atoms with Gasteiger partial charge in [0.15, 0.2) is 6.29 Å². The number of hydrogen-bond acceptors (Lipinski definition) is 6. The molecule has 2 atom stereocenters. The van der Waals surface area contributed by atoms with Crippen molar-refractivity contribution in [3.05, 3.63) is 53.1 Å². The van der Waals surface area contributed by atoms with Crippen molar-refractivity contribution in [1.29, 1.82) is 0 Å². The smallest absolute Gasteiger partial charge is 0.151 e. The van der Waals surface area contributed by atoms with E-state index in [2.05, 4.69) is 27.9 Å². The van der Waals surface area contributed by atoms with Crippen molar-refractivity contribution in [2.45, 2.75) is 23.5 Å². The Labute approximate surface area is 189 Å². The fraction of sp³-hybridized carbons (Fsp3) is 0.381. The topological polar surface area (TPSA) is 77.0 Å². The number of nitrogens with one attached hydrogen (secondary N) is 1. The number of hydrogen-bond donors (Lipinski definition) is 2. The van der Waals surface area contributed by atoms with Gasteiger partial charge in [-0.05, 0) is 49.4 Å². The Morgan fingerprint density at radius 3 is 2.24 bits per heavy atom. The number of rotatable bonds is 13. The molecular weight excluding hydrogens is 509 g/mol. The molecule has 158 valence electrons. The van der Waals surface area contributed by atoms with Crippen molar-refractivity contribution in [2.24, 2.45) is 0 Å². The van der Waals surface area contributed by atoms with Crippen LogP contribution in [0, 0.1) is 0 Å². The molecule has 0 spiro atoms. The van der Waals surface area contributed by atoms with Crippen LogP contribution in [0.25, 0.3) is 0 Å². The summed E-state index contributed by atoms with van der Waals surface area (Å²) < 4.78 is 17.2. The second kappa shape index (κ2) is 12.9. The second-order valence-electron chi connectivity index (χ2n) is 6.31. The third-order valence-corrected chi connectivity index (χ3v) is 4.59. The molecular formula is C21H25ClINO5. The molecule has 8 heteroatoms. The van der Waals surface area contributed by atoms with E-state index in [-0.39, 0.29) is 6.61 Å². The number of carbonyl (C=O) groups is 1. The van der Waals surface area contributed by atoms with E-state index >= 15 is 0 Å². The maximum atomic E-state index is 10.7. The molecule has 0 aliphatic rings. The summed E-state index contributed by atoms with van der Waals surface area (Å²) in [6, 6.07) is 12.2. The first-order valence-corrected chi connectivity index (χ1v) is 10.9. The lowest BCUT2D eigenvalue weighted by atomic mass is 10.2. The highest BCUT2D eigenvalue weighted by molar-refractivity contribution is 14.1. The molecule has 0 radical (unpaired) electrons. The molecule has 0 saturated heterocycles. The van der Waals surface area contributed by atoms with Crippen molar-refractivity contribution in [3.63, 3.8) is 0 Å². The van der Waals surface area contributed by atoms with Crippen molar-refractivity contribution >= 4 is 40.5 Å². The zero-order valence-electron chi connectivity index (χ0n) is 16.1. The van der Waals surface area contributed by atoms with Gasteiger partial charge in [-0.2, -0.15) is 0 Å². The first kappa shape index (κ1) is 23.7. The quantitative estimate of drug-likeness (QED) is 0.133. The highest BCUT2D eigenvalue weighted by Gasteiger charge is 2.07. The van der Waals surface area contributed by atoms with Gasteiger partial charge in [-0.3, -0.25) is 4.79 Å². The van der Waals surface area contributed by atoms with Gasteiger partial charge in [0.25, 0.3) is 0 Å². The minimum Gasteiger partial charge on any atom is -0.493 e. The van der Waals surface area contributed by atoms with E-state index in [1.54, 1.807) is 18.2 Å². The van der Waals surface area contributed by atoms with E-state index in [4.69, 9.17) is 25.8 Å². The molecule has 2 N–H and O–H groups in total. The fourth-order valence-electron chi connectivity index (χ4n) is 2.31. The van der Waals surface area contributed by atoms with Gasteiger partial charge in [0.05, 0.1) is 22.3 Å². The molecule has 2 aromatic rings. The molecule has 0 aliphatic heterocycles. The van der Waals surface area contributed by atoms with Gasteiger partial charge < -0.3 is 24.6 Å². The Kier molecular flexibility index (Phi) is 10.5. The Morgan fingerprint density at radius 2 is 1.66 bits per heavy atom. The average Bonchev–Trinajstić information content (AvgIpc) is 2.71. The molecule has 0 saturated carbocycles. The minimum atomic E-state index is -0.562. The summed E-state index contributed by atoms with van der Waals surface area (Å²) in [7, 11) is 0. The predicted molar refractivity (Wildman–Crippen MR) is 122 cm³/mol. The first-order valence-electron chi connectivity index (χ1n) is 9.26. The number of benzene rings is 2. The third-order valence-electron chi connectivity index (χ3n) is 3.83. The minimum absolute atomic E-state index is 0.228. The molecule has 0 fully saturated rings. The SMILES string of the molecule is CC(I)NCC(O)COc1ccc(OCCCOc2ccc(C=O)c(Cl)c2)cc1.